The fourth-order valence-corrected chi connectivity index (χ4v) is 3.95. The lowest BCUT2D eigenvalue weighted by molar-refractivity contribution is -0.139. The van der Waals surface area contributed by atoms with Crippen molar-refractivity contribution in [3.63, 3.8) is 0 Å². The largest absolute Gasteiger partial charge is 0.496 e. The minimum Gasteiger partial charge on any atom is -0.496 e. The molecule has 1 amide bonds. The van der Waals surface area contributed by atoms with Gasteiger partial charge in [0.05, 0.1) is 37.4 Å². The van der Waals surface area contributed by atoms with Crippen LogP contribution in [-0.2, 0) is 14.3 Å². The zero-order valence-corrected chi connectivity index (χ0v) is 18.7. The van der Waals surface area contributed by atoms with E-state index in [1.165, 1.54) is 18.9 Å². The van der Waals surface area contributed by atoms with Crippen LogP contribution in [0.1, 0.15) is 38.5 Å². The van der Waals surface area contributed by atoms with E-state index in [-0.39, 0.29) is 19.2 Å². The maximum absolute atomic E-state index is 12.3. The summed E-state index contributed by atoms with van der Waals surface area (Å²) >= 11 is 1.21. The summed E-state index contributed by atoms with van der Waals surface area (Å²) in [5.74, 6) is 1.14. The first kappa shape index (κ1) is 23.9. The molecule has 30 heavy (non-hydrogen) atoms. The molecule has 0 spiro atoms. The quantitative estimate of drug-likeness (QED) is 0.556. The summed E-state index contributed by atoms with van der Waals surface area (Å²) < 4.78 is 26.7. The number of carbonyl (C=O) groups excluding carboxylic acids is 2. The van der Waals surface area contributed by atoms with E-state index in [1.807, 2.05) is 0 Å². The predicted molar refractivity (Wildman–Crippen MR) is 111 cm³/mol. The number of esters is 1. The molecule has 1 heterocycles. The zero-order valence-electron chi connectivity index (χ0n) is 17.9. The number of amides is 1. The molecule has 0 aliphatic carbocycles. The molecule has 0 bridgehead atoms. The Morgan fingerprint density at radius 1 is 1.27 bits per heavy atom. The fraction of sp³-hybridized carbons (Fsp3) is 0.600. The molecule has 0 unspecified atom stereocenters. The summed E-state index contributed by atoms with van der Waals surface area (Å²) in [5, 5.41) is 12.2. The van der Waals surface area contributed by atoms with Crippen LogP contribution < -0.4 is 19.5 Å². The van der Waals surface area contributed by atoms with E-state index in [0.29, 0.717) is 22.8 Å². The van der Waals surface area contributed by atoms with Crippen molar-refractivity contribution in [3.05, 3.63) is 17.7 Å². The second-order valence-electron chi connectivity index (χ2n) is 7.42. The Kier molecular flexibility index (Phi) is 8.48. The Bertz CT molecular complexity index is 749. The highest BCUT2D eigenvalue weighted by Crippen LogP contribution is 2.45. The highest BCUT2D eigenvalue weighted by atomic mass is 32.2. The summed E-state index contributed by atoms with van der Waals surface area (Å²) in [4.78, 5) is 24.3. The van der Waals surface area contributed by atoms with Crippen LogP contribution in [0.5, 0.6) is 17.2 Å². The lowest BCUT2D eigenvalue weighted by Crippen LogP contribution is -2.44. The first-order chi connectivity index (χ1) is 14.2. The molecule has 2 atom stereocenters. The van der Waals surface area contributed by atoms with Gasteiger partial charge in [0.1, 0.15) is 11.4 Å². The molecule has 0 aromatic heterocycles. The summed E-state index contributed by atoms with van der Waals surface area (Å²) in [7, 11) is 1.50. The Hall–Kier alpha value is -2.33. The molecule has 10 heteroatoms. The average Bonchev–Trinajstić information content (AvgIpc) is 3.12. The first-order valence-corrected chi connectivity index (χ1v) is 10.6. The average molecular weight is 444 g/mol. The monoisotopic (exact) mass is 443 g/mol. The number of rotatable bonds is 9. The van der Waals surface area contributed by atoms with Gasteiger partial charge in [-0.3, -0.25) is 4.79 Å². The minimum absolute atomic E-state index is 0.0165. The Morgan fingerprint density at radius 3 is 2.50 bits per heavy atom. The summed E-state index contributed by atoms with van der Waals surface area (Å²) in [6.45, 7) is 6.91. The second-order valence-corrected chi connectivity index (χ2v) is 8.55. The van der Waals surface area contributed by atoms with Crippen molar-refractivity contribution in [2.24, 2.45) is 0 Å². The normalized spacial score (nSPS) is 14.6. The number of benzene rings is 1. The minimum atomic E-state index is -0.770. The number of thioether (sulfide) groups is 1. The van der Waals surface area contributed by atoms with Crippen LogP contribution in [0.25, 0.3) is 0 Å². The van der Waals surface area contributed by atoms with Crippen molar-refractivity contribution in [1.29, 1.82) is 0 Å². The number of aliphatic hydroxyl groups is 1. The molecule has 0 saturated heterocycles. The molecule has 2 N–H and O–H groups in total. The number of ether oxygens (including phenoxy) is 5. The third kappa shape index (κ3) is 6.60. The summed E-state index contributed by atoms with van der Waals surface area (Å²) in [5.41, 5.74) is -0.0696. The van der Waals surface area contributed by atoms with Crippen LogP contribution in [0.3, 0.4) is 0 Å². The Balaban J connectivity index is 2.33. The molecule has 1 aromatic carbocycles. The van der Waals surface area contributed by atoms with Gasteiger partial charge in [-0.05, 0) is 33.8 Å². The van der Waals surface area contributed by atoms with Crippen LogP contribution in [0.15, 0.2) is 12.1 Å². The molecule has 1 aliphatic rings. The molecule has 0 fully saturated rings. The van der Waals surface area contributed by atoms with Gasteiger partial charge >= 0.3 is 12.1 Å². The molecule has 9 nitrogen and oxygen atoms in total. The van der Waals surface area contributed by atoms with E-state index >= 15 is 0 Å². The van der Waals surface area contributed by atoms with E-state index < -0.39 is 35.6 Å². The highest BCUT2D eigenvalue weighted by molar-refractivity contribution is 8.00. The zero-order chi connectivity index (χ0) is 22.3. The van der Waals surface area contributed by atoms with E-state index in [1.54, 1.807) is 39.8 Å². The van der Waals surface area contributed by atoms with Crippen molar-refractivity contribution >= 4 is 23.8 Å². The summed E-state index contributed by atoms with van der Waals surface area (Å²) in [6, 6.07) is 2.63. The first-order valence-electron chi connectivity index (χ1n) is 9.53. The van der Waals surface area contributed by atoms with Crippen molar-refractivity contribution in [2.75, 3.05) is 32.9 Å². The molecular weight excluding hydrogens is 414 g/mol. The fourth-order valence-electron chi connectivity index (χ4n) is 2.80. The van der Waals surface area contributed by atoms with Crippen molar-refractivity contribution in [2.45, 2.75) is 44.6 Å². The molecular formula is C20H29NO8S. The number of hydrogen-bond donors (Lipinski definition) is 2. The topological polar surface area (TPSA) is 113 Å². The van der Waals surface area contributed by atoms with Crippen LogP contribution in [0.2, 0.25) is 0 Å². The van der Waals surface area contributed by atoms with E-state index in [9.17, 15) is 14.7 Å². The number of alkyl carbamates (subject to hydrolysis) is 1. The molecule has 0 saturated carbocycles. The van der Waals surface area contributed by atoms with Crippen molar-refractivity contribution in [1.82, 2.24) is 5.32 Å². The molecule has 1 aromatic rings. The van der Waals surface area contributed by atoms with Crippen LogP contribution in [0.4, 0.5) is 4.79 Å². The Labute approximate surface area is 180 Å². The number of hydrogen-bond acceptors (Lipinski definition) is 9. The standard InChI is InChI=1S/C20H29NO8S/c1-6-26-17(23)10-30-18(13(9-22)21-19(24)29-20(2,3)4)12-7-15-16(28-11-27-15)8-14(12)25-5/h7-8,13,18,22H,6,9-11H2,1-5H3,(H,21,24)/t13-,18-/m1/s1. The number of aliphatic hydroxyl groups excluding tert-OH is 1. The van der Waals surface area contributed by atoms with Crippen LogP contribution in [0, 0.1) is 0 Å². The maximum atomic E-state index is 12.3. The number of fused-ring (bicyclic) bond motifs is 1. The van der Waals surface area contributed by atoms with E-state index in [0.717, 1.165) is 0 Å². The van der Waals surface area contributed by atoms with Gasteiger partial charge in [-0.2, -0.15) is 0 Å². The molecule has 2 rings (SSSR count). The smallest absolute Gasteiger partial charge is 0.408 e. The molecule has 1 aliphatic heterocycles. The van der Waals surface area contributed by atoms with Gasteiger partial charge in [-0.25, -0.2) is 4.79 Å². The van der Waals surface area contributed by atoms with E-state index in [4.69, 9.17) is 23.7 Å². The van der Waals surface area contributed by atoms with Crippen LogP contribution >= 0.6 is 11.8 Å². The van der Waals surface area contributed by atoms with Crippen molar-refractivity contribution in [3.8, 4) is 17.2 Å². The van der Waals surface area contributed by atoms with Gasteiger partial charge in [0.25, 0.3) is 0 Å². The van der Waals surface area contributed by atoms with Gasteiger partial charge in [-0.15, -0.1) is 11.8 Å². The summed E-state index contributed by atoms with van der Waals surface area (Å²) in [6.07, 6.45) is -0.678. The third-order valence-corrected chi connectivity index (χ3v) is 5.33. The molecule has 168 valence electrons. The number of methoxy groups -OCH3 is 1. The maximum Gasteiger partial charge on any atom is 0.408 e. The lowest BCUT2D eigenvalue weighted by atomic mass is 10.0. The number of carbonyl (C=O) groups is 2. The third-order valence-electron chi connectivity index (χ3n) is 3.98. The van der Waals surface area contributed by atoms with E-state index in [2.05, 4.69) is 5.32 Å². The number of nitrogens with one attached hydrogen (secondary N) is 1. The lowest BCUT2D eigenvalue weighted by Gasteiger charge is -2.29. The van der Waals surface area contributed by atoms with Gasteiger partial charge < -0.3 is 34.1 Å². The Morgan fingerprint density at radius 2 is 1.93 bits per heavy atom. The van der Waals surface area contributed by atoms with Gasteiger partial charge in [-0.1, -0.05) is 0 Å². The predicted octanol–water partition coefficient (Wildman–Crippen LogP) is 2.65. The second kappa shape index (κ2) is 10.6. The van der Waals surface area contributed by atoms with Gasteiger partial charge in [0, 0.05) is 11.6 Å². The SMILES string of the molecule is CCOC(=O)CS[C@H](c1cc2c(cc1OC)OCO2)[C@@H](CO)NC(=O)OC(C)(C)C. The van der Waals surface area contributed by atoms with Gasteiger partial charge in [0.2, 0.25) is 6.79 Å². The van der Waals surface area contributed by atoms with Crippen molar-refractivity contribution < 1.29 is 38.4 Å². The highest BCUT2D eigenvalue weighted by Gasteiger charge is 2.32. The van der Waals surface area contributed by atoms with Crippen LogP contribution in [-0.4, -0.2) is 61.7 Å². The van der Waals surface area contributed by atoms with Gasteiger partial charge in [0.15, 0.2) is 11.5 Å². The molecule has 0 radical (unpaired) electrons.